The van der Waals surface area contributed by atoms with Crippen molar-refractivity contribution >= 4 is 0 Å². The highest BCUT2D eigenvalue weighted by atomic mass is 16.6. The van der Waals surface area contributed by atoms with Crippen molar-refractivity contribution in [2.45, 2.75) is 57.2 Å². The molecule has 0 aromatic heterocycles. The Balaban J connectivity index is 4.23. The van der Waals surface area contributed by atoms with Gasteiger partial charge >= 0.3 is 0 Å². The molecule has 0 radical (unpaired) electrons. The van der Waals surface area contributed by atoms with Gasteiger partial charge in [0, 0.05) is 0 Å². The van der Waals surface area contributed by atoms with Crippen LogP contribution in [0.4, 0.5) is 0 Å². The Bertz CT molecular complexity index is 260. The summed E-state index contributed by atoms with van der Waals surface area (Å²) in [4.78, 5) is 0. The summed E-state index contributed by atoms with van der Waals surface area (Å²) in [6, 6.07) is 0. The third-order valence-electron chi connectivity index (χ3n) is 3.29. The molecule has 8 heteroatoms. The number of hydrogen-bond acceptors (Lipinski definition) is 8. The molecule has 4 unspecified atom stereocenters. The van der Waals surface area contributed by atoms with E-state index in [0.717, 1.165) is 0 Å². The summed E-state index contributed by atoms with van der Waals surface area (Å²) in [5, 5.41) is 45.8. The summed E-state index contributed by atoms with van der Waals surface area (Å²) in [6.07, 6.45) is -1.45. The minimum Gasteiger partial charge on any atom is -0.394 e. The van der Waals surface area contributed by atoms with Gasteiger partial charge in [0.2, 0.25) is 0 Å². The first-order valence-electron chi connectivity index (χ1n) is 8.00. The smallest absolute Gasteiger partial charge is 0.104 e. The Kier molecular flexibility index (Phi) is 13.9. The first kappa shape index (κ1) is 22.7. The van der Waals surface area contributed by atoms with Gasteiger partial charge in [-0.1, -0.05) is 6.92 Å². The second kappa shape index (κ2) is 14.1. The van der Waals surface area contributed by atoms with Crippen LogP contribution in [0.15, 0.2) is 0 Å². The highest BCUT2D eigenvalue weighted by Gasteiger charge is 2.19. The van der Waals surface area contributed by atoms with Gasteiger partial charge in [-0.15, -0.1) is 0 Å². The minimum atomic E-state index is -0.715. The molecule has 23 heavy (non-hydrogen) atoms. The monoisotopic (exact) mass is 340 g/mol. The molecule has 0 aromatic rings. The summed E-state index contributed by atoms with van der Waals surface area (Å²) in [6.45, 7) is 2.47. The second-order valence-electron chi connectivity index (χ2n) is 5.51. The number of aliphatic hydroxyl groups excluding tert-OH is 5. The predicted molar refractivity (Wildman–Crippen MR) is 83.1 cm³/mol. The quantitative estimate of drug-likeness (QED) is 0.248. The van der Waals surface area contributed by atoms with Crippen molar-refractivity contribution in [3.63, 3.8) is 0 Å². The standard InChI is InChI=1S/C15H32O8/c1-3-12(4-11(2)20)23-15(8-19)10-22-14(7-18)9-21-13(5-16)6-17/h11-20H,3-10H2,1-2H3. The zero-order valence-corrected chi connectivity index (χ0v) is 14.0. The molecule has 0 rings (SSSR count). The van der Waals surface area contributed by atoms with Crippen molar-refractivity contribution in [3.8, 4) is 0 Å². The largest absolute Gasteiger partial charge is 0.394 e. The summed E-state index contributed by atoms with van der Waals surface area (Å²) in [7, 11) is 0. The van der Waals surface area contributed by atoms with Crippen LogP contribution in [0.5, 0.6) is 0 Å². The van der Waals surface area contributed by atoms with Crippen LogP contribution in [0.1, 0.15) is 26.7 Å². The van der Waals surface area contributed by atoms with Gasteiger partial charge in [0.1, 0.15) is 18.3 Å². The van der Waals surface area contributed by atoms with Crippen LogP contribution < -0.4 is 0 Å². The molecule has 0 saturated heterocycles. The molecule has 0 amide bonds. The van der Waals surface area contributed by atoms with Crippen LogP contribution >= 0.6 is 0 Å². The molecule has 0 aromatic carbocycles. The maximum absolute atomic E-state index is 9.40. The van der Waals surface area contributed by atoms with Crippen LogP contribution in [-0.4, -0.2) is 95.7 Å². The summed E-state index contributed by atoms with van der Waals surface area (Å²) in [5.41, 5.74) is 0. The molecule has 0 heterocycles. The molecular weight excluding hydrogens is 308 g/mol. The molecule has 0 fully saturated rings. The number of hydrogen-bond donors (Lipinski definition) is 5. The van der Waals surface area contributed by atoms with Crippen LogP contribution in [-0.2, 0) is 14.2 Å². The Hall–Kier alpha value is -0.320. The van der Waals surface area contributed by atoms with Gasteiger partial charge in [0.25, 0.3) is 0 Å². The highest BCUT2D eigenvalue weighted by Crippen LogP contribution is 2.11. The van der Waals surface area contributed by atoms with E-state index in [4.69, 9.17) is 24.4 Å². The van der Waals surface area contributed by atoms with E-state index >= 15 is 0 Å². The molecule has 0 spiro atoms. The van der Waals surface area contributed by atoms with Crippen molar-refractivity contribution in [2.24, 2.45) is 0 Å². The van der Waals surface area contributed by atoms with E-state index in [1.165, 1.54) is 0 Å². The fraction of sp³-hybridized carbons (Fsp3) is 1.00. The molecule has 140 valence electrons. The molecule has 0 aliphatic rings. The maximum Gasteiger partial charge on any atom is 0.104 e. The molecular formula is C15H32O8. The maximum atomic E-state index is 9.40. The van der Waals surface area contributed by atoms with Crippen molar-refractivity contribution in [2.75, 3.05) is 39.6 Å². The molecule has 0 bridgehead atoms. The molecule has 5 N–H and O–H groups in total. The summed E-state index contributed by atoms with van der Waals surface area (Å²) in [5.74, 6) is 0. The van der Waals surface area contributed by atoms with Gasteiger partial charge in [-0.25, -0.2) is 0 Å². The Morgan fingerprint density at radius 1 is 0.739 bits per heavy atom. The van der Waals surface area contributed by atoms with E-state index in [2.05, 4.69) is 0 Å². The molecule has 8 nitrogen and oxygen atoms in total. The lowest BCUT2D eigenvalue weighted by Gasteiger charge is -2.26. The van der Waals surface area contributed by atoms with Gasteiger partial charge in [-0.05, 0) is 19.8 Å². The van der Waals surface area contributed by atoms with Gasteiger partial charge in [0.15, 0.2) is 0 Å². The minimum absolute atomic E-state index is 0.00527. The normalized spacial score (nSPS) is 17.2. The van der Waals surface area contributed by atoms with Gasteiger partial charge in [-0.2, -0.15) is 0 Å². The Morgan fingerprint density at radius 2 is 1.22 bits per heavy atom. The third kappa shape index (κ3) is 11.0. The Labute approximate surface area is 137 Å². The summed E-state index contributed by atoms with van der Waals surface area (Å²) >= 11 is 0. The SMILES string of the molecule is CCC(CC(C)O)OC(CO)COC(CO)COC(CO)CO. The van der Waals surface area contributed by atoms with Gasteiger partial charge < -0.3 is 39.7 Å². The zero-order valence-electron chi connectivity index (χ0n) is 14.0. The van der Waals surface area contributed by atoms with E-state index in [0.29, 0.717) is 12.8 Å². The van der Waals surface area contributed by atoms with Gasteiger partial charge in [-0.3, -0.25) is 0 Å². The van der Waals surface area contributed by atoms with Crippen molar-refractivity contribution in [3.05, 3.63) is 0 Å². The average molecular weight is 340 g/mol. The lowest BCUT2D eigenvalue weighted by atomic mass is 10.1. The van der Waals surface area contributed by atoms with Crippen LogP contribution in [0.2, 0.25) is 0 Å². The van der Waals surface area contributed by atoms with Crippen molar-refractivity contribution in [1.29, 1.82) is 0 Å². The molecule has 0 saturated carbocycles. The van der Waals surface area contributed by atoms with E-state index in [-0.39, 0.29) is 45.7 Å². The second-order valence-corrected chi connectivity index (χ2v) is 5.51. The highest BCUT2D eigenvalue weighted by molar-refractivity contribution is 4.66. The predicted octanol–water partition coefficient (Wildman–Crippen LogP) is -1.34. The van der Waals surface area contributed by atoms with E-state index in [1.54, 1.807) is 6.92 Å². The van der Waals surface area contributed by atoms with E-state index in [9.17, 15) is 15.3 Å². The van der Waals surface area contributed by atoms with E-state index in [1.807, 2.05) is 6.92 Å². The molecule has 4 atom stereocenters. The van der Waals surface area contributed by atoms with E-state index < -0.39 is 24.4 Å². The topological polar surface area (TPSA) is 129 Å². The number of rotatable bonds is 15. The zero-order chi connectivity index (χ0) is 17.7. The third-order valence-corrected chi connectivity index (χ3v) is 3.29. The fourth-order valence-electron chi connectivity index (χ4n) is 1.91. The van der Waals surface area contributed by atoms with Crippen LogP contribution in [0, 0.1) is 0 Å². The van der Waals surface area contributed by atoms with Crippen LogP contribution in [0.25, 0.3) is 0 Å². The lowest BCUT2D eigenvalue weighted by molar-refractivity contribution is -0.129. The fourth-order valence-corrected chi connectivity index (χ4v) is 1.91. The Morgan fingerprint density at radius 3 is 1.65 bits per heavy atom. The summed E-state index contributed by atoms with van der Waals surface area (Å²) < 4.78 is 16.3. The average Bonchev–Trinajstić information content (AvgIpc) is 2.55. The van der Waals surface area contributed by atoms with Crippen molar-refractivity contribution < 1.29 is 39.7 Å². The number of ether oxygens (including phenoxy) is 3. The molecule has 0 aliphatic carbocycles. The van der Waals surface area contributed by atoms with Crippen molar-refractivity contribution in [1.82, 2.24) is 0 Å². The number of aliphatic hydroxyl groups is 5. The van der Waals surface area contributed by atoms with Gasteiger partial charge in [0.05, 0.1) is 51.8 Å². The first-order valence-corrected chi connectivity index (χ1v) is 8.00. The molecule has 0 aliphatic heterocycles. The lowest BCUT2D eigenvalue weighted by Crippen LogP contribution is -2.36. The first-order chi connectivity index (χ1) is 11.0. The van der Waals surface area contributed by atoms with Crippen LogP contribution in [0.3, 0.4) is 0 Å².